The van der Waals surface area contributed by atoms with Gasteiger partial charge in [0.05, 0.1) is 5.56 Å². The summed E-state index contributed by atoms with van der Waals surface area (Å²) >= 11 is 0. The van der Waals surface area contributed by atoms with Crippen molar-refractivity contribution < 1.29 is 4.79 Å². The molecule has 0 spiro atoms. The molecule has 3 rings (SSSR count). The Balaban J connectivity index is 1.67. The normalized spacial score (nSPS) is 17.3. The number of nitrogens with one attached hydrogen (secondary N) is 2. The lowest BCUT2D eigenvalue weighted by Gasteiger charge is -2.27. The minimum absolute atomic E-state index is 0.0806. The molecule has 102 valence electrons. The van der Waals surface area contributed by atoms with Gasteiger partial charge in [-0.2, -0.15) is 0 Å². The van der Waals surface area contributed by atoms with E-state index < -0.39 is 0 Å². The number of aromatic nitrogens is 1. The third kappa shape index (κ3) is 2.70. The molecule has 1 amide bonds. The molecule has 2 aromatic rings. The predicted octanol–water partition coefficient (Wildman–Crippen LogP) is 1.70. The molecule has 4 nitrogen and oxygen atoms in total. The molecule has 2 heterocycles. The molecule has 1 unspecified atom stereocenters. The van der Waals surface area contributed by atoms with E-state index in [0.29, 0.717) is 12.1 Å². The van der Waals surface area contributed by atoms with Gasteiger partial charge in [0.15, 0.2) is 0 Å². The van der Waals surface area contributed by atoms with Crippen LogP contribution < -0.4 is 10.6 Å². The number of amides is 1. The lowest BCUT2D eigenvalue weighted by Crippen LogP contribution is -2.38. The Hall–Kier alpha value is -2.20. The van der Waals surface area contributed by atoms with Crippen molar-refractivity contribution in [3.05, 3.63) is 65.5 Å². The lowest BCUT2D eigenvalue weighted by molar-refractivity contribution is 0.0948. The minimum Gasteiger partial charge on any atom is -0.350 e. The summed E-state index contributed by atoms with van der Waals surface area (Å²) in [6.07, 6.45) is 4.29. The van der Waals surface area contributed by atoms with Crippen molar-refractivity contribution in [3.8, 4) is 0 Å². The smallest absolute Gasteiger partial charge is 0.252 e. The van der Waals surface area contributed by atoms with Crippen LogP contribution in [0.5, 0.6) is 0 Å². The molecular weight excluding hydrogens is 250 g/mol. The number of fused-ring (bicyclic) bond motifs is 1. The molecule has 20 heavy (non-hydrogen) atoms. The number of benzene rings is 1. The van der Waals surface area contributed by atoms with E-state index in [4.69, 9.17) is 0 Å². The Morgan fingerprint density at radius 3 is 3.05 bits per heavy atom. The number of hydrogen-bond donors (Lipinski definition) is 2. The third-order valence-electron chi connectivity index (χ3n) is 3.61. The molecular formula is C16H17N3O. The Kier molecular flexibility index (Phi) is 3.74. The summed E-state index contributed by atoms with van der Waals surface area (Å²) in [6, 6.07) is 12.1. The van der Waals surface area contributed by atoms with Crippen LogP contribution in [0, 0.1) is 0 Å². The summed E-state index contributed by atoms with van der Waals surface area (Å²) in [7, 11) is 0. The summed E-state index contributed by atoms with van der Waals surface area (Å²) in [5, 5.41) is 6.42. The van der Waals surface area contributed by atoms with Gasteiger partial charge in [-0.25, -0.2) is 0 Å². The van der Waals surface area contributed by atoms with Gasteiger partial charge in [-0.15, -0.1) is 0 Å². The zero-order chi connectivity index (χ0) is 13.8. The topological polar surface area (TPSA) is 54.0 Å². The van der Waals surface area contributed by atoms with Crippen molar-refractivity contribution in [1.82, 2.24) is 15.6 Å². The maximum atomic E-state index is 12.0. The van der Waals surface area contributed by atoms with Crippen LogP contribution in [0.4, 0.5) is 0 Å². The summed E-state index contributed by atoms with van der Waals surface area (Å²) in [6.45, 7) is 1.54. The quantitative estimate of drug-likeness (QED) is 0.890. The van der Waals surface area contributed by atoms with Gasteiger partial charge >= 0.3 is 0 Å². The molecule has 1 aromatic carbocycles. The molecule has 0 saturated carbocycles. The van der Waals surface area contributed by atoms with Crippen LogP contribution in [0.3, 0.4) is 0 Å². The van der Waals surface area contributed by atoms with Crippen LogP contribution in [-0.2, 0) is 6.42 Å². The molecule has 4 heteroatoms. The van der Waals surface area contributed by atoms with Gasteiger partial charge in [-0.3, -0.25) is 9.78 Å². The van der Waals surface area contributed by atoms with E-state index in [1.807, 2.05) is 6.07 Å². The predicted molar refractivity (Wildman–Crippen MR) is 77.5 cm³/mol. The van der Waals surface area contributed by atoms with E-state index >= 15 is 0 Å². The second-order valence-corrected chi connectivity index (χ2v) is 4.91. The van der Waals surface area contributed by atoms with Crippen molar-refractivity contribution in [2.45, 2.75) is 12.5 Å². The summed E-state index contributed by atoms with van der Waals surface area (Å²) in [4.78, 5) is 16.0. The largest absolute Gasteiger partial charge is 0.350 e. The van der Waals surface area contributed by atoms with Gasteiger partial charge in [-0.1, -0.05) is 24.3 Å². The van der Waals surface area contributed by atoms with Crippen molar-refractivity contribution in [2.75, 3.05) is 13.1 Å². The number of rotatable bonds is 3. The fourth-order valence-electron chi connectivity index (χ4n) is 2.57. The molecule has 1 aliphatic rings. The summed E-state index contributed by atoms with van der Waals surface area (Å²) in [5.74, 6) is -0.0806. The van der Waals surface area contributed by atoms with E-state index in [1.165, 1.54) is 11.1 Å². The highest BCUT2D eigenvalue weighted by Gasteiger charge is 2.19. The average molecular weight is 267 g/mol. The maximum absolute atomic E-state index is 12.0. The van der Waals surface area contributed by atoms with Gasteiger partial charge in [0, 0.05) is 25.0 Å². The highest BCUT2D eigenvalue weighted by molar-refractivity contribution is 5.93. The van der Waals surface area contributed by atoms with Crippen LogP contribution in [-0.4, -0.2) is 24.0 Å². The fraction of sp³-hybridized carbons (Fsp3) is 0.250. The summed E-state index contributed by atoms with van der Waals surface area (Å²) < 4.78 is 0. The molecule has 0 saturated heterocycles. The highest BCUT2D eigenvalue weighted by atomic mass is 16.1. The molecule has 1 aliphatic heterocycles. The van der Waals surface area contributed by atoms with E-state index in [9.17, 15) is 4.79 Å². The first-order valence-electron chi connectivity index (χ1n) is 6.84. The molecule has 0 aliphatic carbocycles. The summed E-state index contributed by atoms with van der Waals surface area (Å²) in [5.41, 5.74) is 3.24. The molecule has 0 fully saturated rings. The molecule has 0 bridgehead atoms. The van der Waals surface area contributed by atoms with E-state index in [2.05, 4.69) is 33.8 Å². The second-order valence-electron chi connectivity index (χ2n) is 4.91. The Labute approximate surface area is 118 Å². The zero-order valence-corrected chi connectivity index (χ0v) is 11.2. The Bertz CT molecular complexity index is 598. The van der Waals surface area contributed by atoms with Gasteiger partial charge < -0.3 is 10.6 Å². The standard InChI is InChI=1S/C16H17N3O/c20-16(13-5-3-8-17-10-13)19-11-15-14-6-2-1-4-12(14)7-9-18-15/h1-6,8,10,15,18H,7,9,11H2,(H,19,20). The van der Waals surface area contributed by atoms with Crippen LogP contribution in [0.15, 0.2) is 48.8 Å². The zero-order valence-electron chi connectivity index (χ0n) is 11.2. The third-order valence-corrected chi connectivity index (χ3v) is 3.61. The van der Waals surface area contributed by atoms with Crippen LogP contribution in [0.1, 0.15) is 27.5 Å². The van der Waals surface area contributed by atoms with Crippen LogP contribution in [0.2, 0.25) is 0 Å². The number of nitrogens with zero attached hydrogens (tertiary/aromatic N) is 1. The van der Waals surface area contributed by atoms with E-state index in [1.54, 1.807) is 24.5 Å². The van der Waals surface area contributed by atoms with Crippen molar-refractivity contribution in [2.24, 2.45) is 0 Å². The fourth-order valence-corrected chi connectivity index (χ4v) is 2.57. The van der Waals surface area contributed by atoms with Gasteiger partial charge in [0.2, 0.25) is 0 Å². The Morgan fingerprint density at radius 2 is 2.20 bits per heavy atom. The maximum Gasteiger partial charge on any atom is 0.252 e. The average Bonchev–Trinajstić information content (AvgIpc) is 2.53. The monoisotopic (exact) mass is 267 g/mol. The first-order valence-corrected chi connectivity index (χ1v) is 6.84. The van der Waals surface area contributed by atoms with Crippen molar-refractivity contribution in [3.63, 3.8) is 0 Å². The minimum atomic E-state index is -0.0806. The van der Waals surface area contributed by atoms with E-state index in [0.717, 1.165) is 13.0 Å². The lowest BCUT2D eigenvalue weighted by atomic mass is 9.94. The van der Waals surface area contributed by atoms with Gasteiger partial charge in [-0.05, 0) is 36.2 Å². The first kappa shape index (κ1) is 12.8. The van der Waals surface area contributed by atoms with Gasteiger partial charge in [0.1, 0.15) is 0 Å². The number of carbonyl (C=O) groups excluding carboxylic acids is 1. The first-order chi connectivity index (χ1) is 9.84. The Morgan fingerprint density at radius 1 is 1.30 bits per heavy atom. The van der Waals surface area contributed by atoms with Crippen LogP contribution in [0.25, 0.3) is 0 Å². The van der Waals surface area contributed by atoms with Crippen molar-refractivity contribution in [1.29, 1.82) is 0 Å². The van der Waals surface area contributed by atoms with Gasteiger partial charge in [0.25, 0.3) is 5.91 Å². The highest BCUT2D eigenvalue weighted by Crippen LogP contribution is 2.21. The van der Waals surface area contributed by atoms with Crippen molar-refractivity contribution >= 4 is 5.91 Å². The molecule has 0 radical (unpaired) electrons. The number of hydrogen-bond acceptors (Lipinski definition) is 3. The number of carbonyl (C=O) groups is 1. The van der Waals surface area contributed by atoms with E-state index in [-0.39, 0.29) is 11.9 Å². The second kappa shape index (κ2) is 5.84. The molecule has 2 N–H and O–H groups in total. The number of pyridine rings is 1. The molecule has 1 atom stereocenters. The SMILES string of the molecule is O=C(NCC1NCCc2ccccc21)c1cccnc1. The molecule has 1 aromatic heterocycles. The van der Waals surface area contributed by atoms with Crippen LogP contribution >= 0.6 is 0 Å².